The van der Waals surface area contributed by atoms with Crippen LogP contribution >= 0.6 is 11.8 Å². The monoisotopic (exact) mass is 316 g/mol. The molecule has 1 N–H and O–H groups in total. The number of aliphatic hydroxyl groups excluding tert-OH is 1. The summed E-state index contributed by atoms with van der Waals surface area (Å²) in [5.74, 6) is 1.91. The maximum absolute atomic E-state index is 10.4. The van der Waals surface area contributed by atoms with Crippen molar-refractivity contribution in [2.75, 3.05) is 45.0 Å². The second-order valence-corrected chi connectivity index (χ2v) is 8.39. The average molecular weight is 317 g/mol. The Morgan fingerprint density at radius 1 is 1.10 bits per heavy atom. The summed E-state index contributed by atoms with van der Waals surface area (Å²) in [6.45, 7) is 14.5. The summed E-state index contributed by atoms with van der Waals surface area (Å²) in [6, 6.07) is 0. The third-order valence-electron chi connectivity index (χ3n) is 4.35. The summed E-state index contributed by atoms with van der Waals surface area (Å²) >= 11 is 2.09. The van der Waals surface area contributed by atoms with Crippen LogP contribution in [0.15, 0.2) is 0 Å². The minimum atomic E-state index is -0.251. The van der Waals surface area contributed by atoms with E-state index in [1.165, 1.54) is 5.75 Å². The molecule has 4 unspecified atom stereocenters. The van der Waals surface area contributed by atoms with Gasteiger partial charge in [0, 0.05) is 50.3 Å². The molecule has 124 valence electrons. The van der Waals surface area contributed by atoms with Crippen molar-refractivity contribution in [2.45, 2.75) is 51.3 Å². The highest BCUT2D eigenvalue weighted by molar-refractivity contribution is 8.00. The minimum Gasteiger partial charge on any atom is -0.390 e. The van der Waals surface area contributed by atoms with E-state index < -0.39 is 0 Å². The third kappa shape index (κ3) is 5.71. The van der Waals surface area contributed by atoms with Gasteiger partial charge in [-0.15, -0.1) is 0 Å². The van der Waals surface area contributed by atoms with Crippen molar-refractivity contribution in [1.82, 2.24) is 9.80 Å². The highest BCUT2D eigenvalue weighted by Crippen LogP contribution is 2.25. The molecule has 2 rings (SSSR count). The van der Waals surface area contributed by atoms with Crippen molar-refractivity contribution in [3.05, 3.63) is 0 Å². The maximum atomic E-state index is 10.4. The molecule has 0 aromatic heterocycles. The number of thioether (sulfide) groups is 1. The van der Waals surface area contributed by atoms with Crippen LogP contribution in [0.4, 0.5) is 0 Å². The van der Waals surface area contributed by atoms with E-state index in [1.807, 2.05) is 0 Å². The molecular weight excluding hydrogens is 284 g/mol. The first-order valence-electron chi connectivity index (χ1n) is 8.34. The quantitative estimate of drug-likeness (QED) is 0.832. The Morgan fingerprint density at radius 3 is 2.33 bits per heavy atom. The molecular formula is C16H32N2O2S. The van der Waals surface area contributed by atoms with E-state index in [2.05, 4.69) is 49.3 Å². The van der Waals surface area contributed by atoms with Crippen LogP contribution in [0.1, 0.15) is 27.7 Å². The van der Waals surface area contributed by atoms with Gasteiger partial charge in [-0.25, -0.2) is 0 Å². The first kappa shape index (κ1) is 17.5. The van der Waals surface area contributed by atoms with Crippen LogP contribution in [0, 0.1) is 5.92 Å². The number of nitrogens with zero attached hydrogens (tertiary/aromatic N) is 2. The highest BCUT2D eigenvalue weighted by Gasteiger charge is 2.27. The second-order valence-electron chi connectivity index (χ2n) is 7.04. The lowest BCUT2D eigenvalue weighted by Gasteiger charge is -2.38. The molecule has 0 radical (unpaired) electrons. The van der Waals surface area contributed by atoms with E-state index in [-0.39, 0.29) is 18.3 Å². The number of rotatable bonds is 5. The van der Waals surface area contributed by atoms with Gasteiger partial charge in [-0.05, 0) is 19.8 Å². The number of β-amino-alcohol motifs (C(OH)–C–C–N with tert-alkyl or cyclic N) is 1. The van der Waals surface area contributed by atoms with Crippen molar-refractivity contribution >= 4 is 11.8 Å². The fourth-order valence-electron chi connectivity index (χ4n) is 3.39. The third-order valence-corrected chi connectivity index (χ3v) is 5.89. The Bertz CT molecular complexity index is 307. The van der Waals surface area contributed by atoms with Crippen LogP contribution in [0.25, 0.3) is 0 Å². The smallest absolute Gasteiger partial charge is 0.0793 e. The number of morpholine rings is 1. The summed E-state index contributed by atoms with van der Waals surface area (Å²) in [4.78, 5) is 4.79. The molecule has 2 heterocycles. The summed E-state index contributed by atoms with van der Waals surface area (Å²) in [7, 11) is 0. The molecule has 2 aliphatic heterocycles. The largest absolute Gasteiger partial charge is 0.390 e. The Hall–Kier alpha value is 0.190. The standard InChI is InChI=1S/C16H32N2O2S/c1-12(2)16-11-17(5-6-21-16)9-15(19)10-18-7-13(3)20-14(4)8-18/h12-16,19H,5-11H2,1-4H3. The molecule has 2 fully saturated rings. The molecule has 4 atom stereocenters. The lowest BCUT2D eigenvalue weighted by molar-refractivity contribution is -0.0779. The van der Waals surface area contributed by atoms with Crippen LogP contribution in [0.5, 0.6) is 0 Å². The van der Waals surface area contributed by atoms with Crippen LogP contribution in [-0.4, -0.2) is 83.5 Å². The molecule has 0 aliphatic carbocycles. The Balaban J connectivity index is 1.74. The predicted molar refractivity (Wildman–Crippen MR) is 90.0 cm³/mol. The summed E-state index contributed by atoms with van der Waals surface area (Å²) in [6.07, 6.45) is 0.300. The van der Waals surface area contributed by atoms with Gasteiger partial charge in [0.2, 0.25) is 0 Å². The van der Waals surface area contributed by atoms with Gasteiger partial charge in [-0.2, -0.15) is 11.8 Å². The van der Waals surface area contributed by atoms with Gasteiger partial charge >= 0.3 is 0 Å². The SMILES string of the molecule is CC1CN(CC(O)CN2CCSC(C(C)C)C2)CC(C)O1. The zero-order chi connectivity index (χ0) is 15.4. The van der Waals surface area contributed by atoms with Gasteiger partial charge in [-0.1, -0.05) is 13.8 Å². The molecule has 0 amide bonds. The van der Waals surface area contributed by atoms with Gasteiger partial charge < -0.3 is 9.84 Å². The van der Waals surface area contributed by atoms with Gasteiger partial charge in [0.15, 0.2) is 0 Å². The highest BCUT2D eigenvalue weighted by atomic mass is 32.2. The van der Waals surface area contributed by atoms with Crippen LogP contribution in [0.2, 0.25) is 0 Å². The van der Waals surface area contributed by atoms with Crippen molar-refractivity contribution in [3.63, 3.8) is 0 Å². The molecule has 21 heavy (non-hydrogen) atoms. The lowest BCUT2D eigenvalue weighted by atomic mass is 10.1. The lowest BCUT2D eigenvalue weighted by Crippen LogP contribution is -2.51. The topological polar surface area (TPSA) is 35.9 Å². The van der Waals surface area contributed by atoms with Gasteiger partial charge in [0.05, 0.1) is 18.3 Å². The summed E-state index contributed by atoms with van der Waals surface area (Å²) in [5, 5.41) is 11.1. The molecule has 2 aliphatic rings. The fourth-order valence-corrected chi connectivity index (χ4v) is 4.76. The molecule has 0 aromatic carbocycles. The first-order valence-corrected chi connectivity index (χ1v) is 9.38. The Morgan fingerprint density at radius 2 is 1.71 bits per heavy atom. The van der Waals surface area contributed by atoms with Crippen molar-refractivity contribution < 1.29 is 9.84 Å². The fraction of sp³-hybridized carbons (Fsp3) is 1.00. The number of aliphatic hydroxyl groups is 1. The minimum absolute atomic E-state index is 0.251. The van der Waals surface area contributed by atoms with Crippen molar-refractivity contribution in [1.29, 1.82) is 0 Å². The number of hydrogen-bond donors (Lipinski definition) is 1. The van der Waals surface area contributed by atoms with Crippen LogP contribution in [0.3, 0.4) is 0 Å². The van der Waals surface area contributed by atoms with Crippen LogP contribution < -0.4 is 0 Å². The van der Waals surface area contributed by atoms with E-state index in [4.69, 9.17) is 4.74 Å². The molecule has 0 spiro atoms. The van der Waals surface area contributed by atoms with E-state index >= 15 is 0 Å². The maximum Gasteiger partial charge on any atom is 0.0793 e. The van der Waals surface area contributed by atoms with Crippen molar-refractivity contribution in [3.8, 4) is 0 Å². The van der Waals surface area contributed by atoms with Gasteiger partial charge in [0.1, 0.15) is 0 Å². The van der Waals surface area contributed by atoms with Gasteiger partial charge in [0.25, 0.3) is 0 Å². The normalized spacial score (nSPS) is 34.3. The molecule has 2 saturated heterocycles. The zero-order valence-corrected chi connectivity index (χ0v) is 14.8. The average Bonchev–Trinajstić information content (AvgIpc) is 2.37. The summed E-state index contributed by atoms with van der Waals surface area (Å²) < 4.78 is 5.75. The van der Waals surface area contributed by atoms with Crippen molar-refractivity contribution in [2.24, 2.45) is 5.92 Å². The molecule has 5 heteroatoms. The first-order chi connectivity index (χ1) is 9.94. The van der Waals surface area contributed by atoms with E-state index in [0.29, 0.717) is 0 Å². The Labute approximate surface area is 134 Å². The van der Waals surface area contributed by atoms with E-state index in [9.17, 15) is 5.11 Å². The predicted octanol–water partition coefficient (Wildman–Crippen LogP) is 1.53. The molecule has 4 nitrogen and oxygen atoms in total. The van der Waals surface area contributed by atoms with Gasteiger partial charge in [-0.3, -0.25) is 9.80 Å². The van der Waals surface area contributed by atoms with E-state index in [1.54, 1.807) is 0 Å². The molecule has 0 saturated carbocycles. The van der Waals surface area contributed by atoms with Crippen LogP contribution in [-0.2, 0) is 4.74 Å². The second kappa shape index (κ2) is 8.16. The number of ether oxygens (including phenoxy) is 1. The molecule has 0 bridgehead atoms. The summed E-state index contributed by atoms with van der Waals surface area (Å²) in [5.41, 5.74) is 0. The number of hydrogen-bond acceptors (Lipinski definition) is 5. The Kier molecular flexibility index (Phi) is 6.81. The van der Waals surface area contributed by atoms with E-state index in [0.717, 1.165) is 50.4 Å². The zero-order valence-electron chi connectivity index (χ0n) is 14.0. The molecule has 0 aromatic rings.